The van der Waals surface area contributed by atoms with Crippen molar-refractivity contribution in [2.24, 2.45) is 5.11 Å². The minimum absolute atomic E-state index is 0.00108. The highest BCUT2D eigenvalue weighted by atomic mass is 16.8. The number of methoxy groups -OCH3 is 12. The molecule has 6 aliphatic rings. The molecule has 0 spiro atoms. The number of aliphatic hydroxyl groups is 1. The summed E-state index contributed by atoms with van der Waals surface area (Å²) in [5.41, 5.74) is 9.67. The van der Waals surface area contributed by atoms with Crippen molar-refractivity contribution in [2.75, 3.05) is 118 Å². The van der Waals surface area contributed by atoms with Gasteiger partial charge in [-0.2, -0.15) is 0 Å². The Morgan fingerprint density at radius 2 is 0.896 bits per heavy atom. The highest BCUT2D eigenvalue weighted by Crippen LogP contribution is 2.40. The highest BCUT2D eigenvalue weighted by Gasteiger charge is 2.59. The van der Waals surface area contributed by atoms with Gasteiger partial charge in [0.1, 0.15) is 123 Å². The second-order valence-corrected chi connectivity index (χ2v) is 18.8. The number of carbonyl (C=O) groups is 1. The predicted octanol–water partition coefficient (Wildman–Crippen LogP) is 0.153. The SMILES string of the molecule is COCC1O[C@@H](O[C@H]2C(OC)C(OC)[C@@H](O[C@H]3C(OC)C(OC)[C@H](O[C@H]4C5CO[C@H](O5)C(N=[N+]=[N-])[C@@H]4OC)O[C@H]3COC)O[C@H]2COC)C(OC)[C@@H](OC)[C@@H]1O[C@@H]1OC(COC(=O)c2ccccc2)[C@@H](O)[C@H](OC)C1OC. The van der Waals surface area contributed by atoms with E-state index in [1.165, 1.54) is 85.3 Å². The van der Waals surface area contributed by atoms with Gasteiger partial charge < -0.3 is 114 Å². The van der Waals surface area contributed by atoms with Crippen molar-refractivity contribution in [1.82, 2.24) is 0 Å². The molecule has 0 radical (unpaired) electrons. The molecule has 28 nitrogen and oxygen atoms in total. The van der Waals surface area contributed by atoms with Crippen LogP contribution in [0.3, 0.4) is 0 Å². The summed E-state index contributed by atoms with van der Waals surface area (Å²) in [5, 5.41) is 15.3. The molecule has 438 valence electrons. The van der Waals surface area contributed by atoms with Crippen molar-refractivity contribution < 1.29 is 119 Å². The number of rotatable bonds is 27. The smallest absolute Gasteiger partial charge is 0.338 e. The first-order valence-corrected chi connectivity index (χ1v) is 25.1. The zero-order valence-corrected chi connectivity index (χ0v) is 45.4. The fraction of sp³-hybridized carbons (Fsp3) is 0.857. The maximum atomic E-state index is 12.9. The third kappa shape index (κ3) is 13.5. The van der Waals surface area contributed by atoms with Gasteiger partial charge in [-0.15, -0.1) is 0 Å². The van der Waals surface area contributed by atoms with Gasteiger partial charge in [0.05, 0.1) is 38.1 Å². The summed E-state index contributed by atoms with van der Waals surface area (Å²) in [6, 6.07) is 7.56. The van der Waals surface area contributed by atoms with Crippen LogP contribution in [0.4, 0.5) is 0 Å². The van der Waals surface area contributed by atoms with Crippen LogP contribution in [-0.4, -0.2) is 283 Å². The Morgan fingerprint density at radius 1 is 0.506 bits per heavy atom. The summed E-state index contributed by atoms with van der Waals surface area (Å²) in [4.78, 5) is 15.9. The van der Waals surface area contributed by atoms with Crippen LogP contribution in [0, 0.1) is 0 Å². The summed E-state index contributed by atoms with van der Waals surface area (Å²) in [5.74, 6) is -0.614. The molecule has 77 heavy (non-hydrogen) atoms. The fourth-order valence-corrected chi connectivity index (χ4v) is 11.0. The molecule has 0 aliphatic carbocycles. The monoisotopic (exact) mass is 1110 g/mol. The first-order valence-electron chi connectivity index (χ1n) is 25.1. The molecule has 28 heteroatoms. The number of hydrogen-bond donors (Lipinski definition) is 1. The van der Waals surface area contributed by atoms with E-state index in [9.17, 15) is 15.4 Å². The maximum absolute atomic E-state index is 12.9. The Bertz CT molecular complexity index is 1970. The van der Waals surface area contributed by atoms with E-state index in [2.05, 4.69) is 10.0 Å². The lowest BCUT2D eigenvalue weighted by Gasteiger charge is -2.52. The number of hydrogen-bond acceptors (Lipinski definition) is 26. The number of ether oxygens (including phenoxy) is 23. The molecule has 0 saturated carbocycles. The maximum Gasteiger partial charge on any atom is 0.338 e. The third-order valence-corrected chi connectivity index (χ3v) is 14.6. The van der Waals surface area contributed by atoms with E-state index in [0.29, 0.717) is 5.56 Å². The first-order chi connectivity index (χ1) is 37.5. The van der Waals surface area contributed by atoms with Gasteiger partial charge in [0.15, 0.2) is 31.5 Å². The predicted molar refractivity (Wildman–Crippen MR) is 257 cm³/mol. The molecule has 1 aromatic rings. The summed E-state index contributed by atoms with van der Waals surface area (Å²) in [6.07, 6.45) is -23.4. The molecule has 25 atom stereocenters. The van der Waals surface area contributed by atoms with Crippen LogP contribution < -0.4 is 0 Å². The lowest BCUT2D eigenvalue weighted by Crippen LogP contribution is -2.69. The molecule has 6 saturated heterocycles. The normalized spacial score (nSPS) is 42.2. The van der Waals surface area contributed by atoms with Crippen LogP contribution in [-0.2, 0) is 109 Å². The number of nitrogens with zero attached hydrogens (tertiary/aromatic N) is 3. The number of esters is 1. The van der Waals surface area contributed by atoms with Crippen molar-refractivity contribution in [3.05, 3.63) is 46.3 Å². The van der Waals surface area contributed by atoms with Crippen LogP contribution in [0.5, 0.6) is 0 Å². The lowest BCUT2D eigenvalue weighted by atomic mass is 9.94. The van der Waals surface area contributed by atoms with Crippen LogP contribution in [0.25, 0.3) is 10.4 Å². The average molecular weight is 1110 g/mol. The second kappa shape index (κ2) is 29.7. The standard InChI is InChI=1S/C49H77N3O25/c1-55-18-25-32(75-46-40(63-9)36(59-5)30(53)24(69-46)21-67-44(54)23-16-14-13-15-17-23)37(60-6)42(65-11)48(72-25)77-34-27(20-57-3)73-49(43(66-12)39(34)62-8)76-33-26(19-56-2)71-47(41(64-10)38(33)61-7)74-31-28-22-68-45(70-28)29(51-52-50)35(31)58-4/h13-17,24-43,45-49,53H,18-22H2,1-12H3/t24?,25?,26-,27-,28?,29?,30+,31-,32+,33+,34+,35-,36-,37-,38?,39?,40?,41?,42?,43?,45+,46-,47-,48-,49+/m0/s1. The van der Waals surface area contributed by atoms with Crippen LogP contribution in [0.1, 0.15) is 10.4 Å². The minimum atomic E-state index is -1.29. The summed E-state index contributed by atoms with van der Waals surface area (Å²) in [7, 11) is 17.7. The Hall–Kier alpha value is -2.92. The topological polar surface area (TPSA) is 298 Å². The van der Waals surface area contributed by atoms with E-state index < -0.39 is 159 Å². The van der Waals surface area contributed by atoms with Crippen LogP contribution in [0.2, 0.25) is 0 Å². The van der Waals surface area contributed by atoms with Gasteiger partial charge in [-0.25, -0.2) is 4.79 Å². The molecule has 7 rings (SSSR count). The minimum Gasteiger partial charge on any atom is -0.459 e. The average Bonchev–Trinajstić information content (AvgIpc) is 3.90. The van der Waals surface area contributed by atoms with Crippen molar-refractivity contribution in [3.8, 4) is 0 Å². The molecular weight excluding hydrogens is 1030 g/mol. The molecule has 0 amide bonds. The molecular formula is C49H77N3O25. The number of carbonyl (C=O) groups excluding carboxylic acids is 1. The van der Waals surface area contributed by atoms with Crippen LogP contribution >= 0.6 is 0 Å². The number of fused-ring (bicyclic) bond motifs is 2. The largest absolute Gasteiger partial charge is 0.459 e. The second-order valence-electron chi connectivity index (χ2n) is 18.8. The van der Waals surface area contributed by atoms with E-state index in [4.69, 9.17) is 109 Å². The van der Waals surface area contributed by atoms with E-state index in [-0.39, 0.29) is 33.0 Å². The molecule has 6 heterocycles. The zero-order chi connectivity index (χ0) is 55.3. The van der Waals surface area contributed by atoms with Gasteiger partial charge in [-0.3, -0.25) is 0 Å². The fourth-order valence-electron chi connectivity index (χ4n) is 11.0. The lowest BCUT2D eigenvalue weighted by molar-refractivity contribution is -0.396. The molecule has 10 unspecified atom stereocenters. The molecule has 6 aliphatic heterocycles. The van der Waals surface area contributed by atoms with Crippen molar-refractivity contribution in [3.63, 3.8) is 0 Å². The Labute approximate surface area is 447 Å². The van der Waals surface area contributed by atoms with E-state index in [1.54, 1.807) is 30.3 Å². The van der Waals surface area contributed by atoms with Crippen LogP contribution in [0.15, 0.2) is 35.4 Å². The zero-order valence-electron chi connectivity index (χ0n) is 45.4. The number of aliphatic hydroxyl groups excluding tert-OH is 1. The summed E-state index contributed by atoms with van der Waals surface area (Å²) < 4.78 is 142. The first kappa shape index (κ1) is 61.7. The van der Waals surface area contributed by atoms with E-state index in [1.807, 2.05) is 0 Å². The van der Waals surface area contributed by atoms with Gasteiger partial charge in [0.2, 0.25) is 0 Å². The summed E-state index contributed by atoms with van der Waals surface area (Å²) in [6.45, 7) is -0.257. The van der Waals surface area contributed by atoms with Gasteiger partial charge >= 0.3 is 5.97 Å². The van der Waals surface area contributed by atoms with Gasteiger partial charge in [0.25, 0.3) is 0 Å². The number of azide groups is 1. The molecule has 2 bridgehead atoms. The van der Waals surface area contributed by atoms with E-state index in [0.717, 1.165) is 0 Å². The molecule has 1 aromatic carbocycles. The van der Waals surface area contributed by atoms with Gasteiger partial charge in [0, 0.05) is 90.2 Å². The van der Waals surface area contributed by atoms with Crippen molar-refractivity contribution in [2.45, 2.75) is 153 Å². The Morgan fingerprint density at radius 3 is 1.29 bits per heavy atom. The highest BCUT2D eigenvalue weighted by molar-refractivity contribution is 5.89. The Kier molecular flexibility index (Phi) is 23.8. The molecule has 6 fully saturated rings. The summed E-state index contributed by atoms with van der Waals surface area (Å²) >= 11 is 0. The molecule has 1 N–H and O–H groups in total. The number of benzene rings is 1. The van der Waals surface area contributed by atoms with E-state index >= 15 is 0 Å². The molecule has 0 aromatic heterocycles. The van der Waals surface area contributed by atoms with Gasteiger partial charge in [-0.1, -0.05) is 23.3 Å². The van der Waals surface area contributed by atoms with Gasteiger partial charge in [-0.05, 0) is 17.7 Å². The quantitative estimate of drug-likeness (QED) is 0.0531. The third-order valence-electron chi connectivity index (χ3n) is 14.6. The van der Waals surface area contributed by atoms with Crippen molar-refractivity contribution >= 4 is 5.97 Å². The van der Waals surface area contributed by atoms with Crippen molar-refractivity contribution in [1.29, 1.82) is 0 Å². The Balaban J connectivity index is 1.09.